The van der Waals surface area contributed by atoms with Crippen molar-refractivity contribution in [3.63, 3.8) is 0 Å². The summed E-state index contributed by atoms with van der Waals surface area (Å²) < 4.78 is 37.8. The van der Waals surface area contributed by atoms with Gasteiger partial charge in [0.25, 0.3) is 0 Å². The van der Waals surface area contributed by atoms with Crippen LogP contribution in [0.25, 0.3) is 0 Å². The lowest BCUT2D eigenvalue weighted by atomic mass is 10.3. The van der Waals surface area contributed by atoms with E-state index in [4.69, 9.17) is 11.6 Å². The molecule has 0 spiro atoms. The Morgan fingerprint density at radius 3 is 2.54 bits per heavy atom. The second kappa shape index (κ2) is 6.45. The van der Waals surface area contributed by atoms with Crippen LogP contribution >= 0.6 is 11.6 Å². The van der Waals surface area contributed by atoms with Gasteiger partial charge in [0.1, 0.15) is 0 Å². The zero-order valence-electron chi connectivity index (χ0n) is 7.33. The maximum absolute atomic E-state index is 11.4. The molecule has 0 aromatic carbocycles. The second-order valence-electron chi connectivity index (χ2n) is 2.50. The fourth-order valence-electron chi connectivity index (χ4n) is 0.642. The number of hydrogen-bond acceptors (Lipinski definition) is 2. The van der Waals surface area contributed by atoms with Gasteiger partial charge in [-0.25, -0.2) is 0 Å². The van der Waals surface area contributed by atoms with Crippen LogP contribution in [0.2, 0.25) is 0 Å². The van der Waals surface area contributed by atoms with E-state index in [0.29, 0.717) is 6.54 Å². The Hall–Kier alpha value is -0.0000000000000000555. The molecule has 0 heterocycles. The predicted molar refractivity (Wildman–Crippen MR) is 44.8 cm³/mol. The van der Waals surface area contributed by atoms with Crippen molar-refractivity contribution in [1.29, 1.82) is 0 Å². The topological polar surface area (TPSA) is 21.3 Å². The molecule has 0 amide bonds. The minimum absolute atomic E-state index is 0.0362. The monoisotopic (exact) mass is 219 g/mol. The average molecular weight is 220 g/mol. The lowest BCUT2D eigenvalue weighted by molar-refractivity contribution is -0.323. The van der Waals surface area contributed by atoms with Crippen LogP contribution in [0.1, 0.15) is 13.3 Å². The fourth-order valence-corrected chi connectivity index (χ4v) is 0.751. The first kappa shape index (κ1) is 13.0. The quantitative estimate of drug-likeness (QED) is 0.546. The molecule has 0 bridgehead atoms. The number of hydrogen-bond donors (Lipinski definition) is 1. The summed E-state index contributed by atoms with van der Waals surface area (Å²) in [5, 5.41) is 2.72. The maximum Gasteiger partial charge on any atom is 0.522 e. The fraction of sp³-hybridized carbons (Fsp3) is 1.00. The Bertz CT molecular complexity index is 131. The SMILES string of the molecule is CCC(Cl)CNCCOC(F)(F)F. The largest absolute Gasteiger partial charge is 0.522 e. The van der Waals surface area contributed by atoms with Crippen LogP contribution in [0.5, 0.6) is 0 Å². The predicted octanol–water partition coefficient (Wildman–Crippen LogP) is 2.13. The van der Waals surface area contributed by atoms with Crippen molar-refractivity contribution >= 4 is 11.6 Å². The van der Waals surface area contributed by atoms with Gasteiger partial charge < -0.3 is 5.32 Å². The zero-order chi connectivity index (χ0) is 10.3. The van der Waals surface area contributed by atoms with Crippen molar-refractivity contribution in [3.05, 3.63) is 0 Å². The molecule has 0 rings (SSSR count). The van der Waals surface area contributed by atoms with E-state index in [0.717, 1.165) is 6.42 Å². The minimum atomic E-state index is -4.53. The van der Waals surface area contributed by atoms with E-state index in [9.17, 15) is 13.2 Å². The summed E-state index contributed by atoms with van der Waals surface area (Å²) in [4.78, 5) is 0. The van der Waals surface area contributed by atoms with Gasteiger partial charge in [-0.1, -0.05) is 6.92 Å². The molecule has 0 saturated carbocycles. The molecular weight excluding hydrogens is 207 g/mol. The van der Waals surface area contributed by atoms with E-state index in [1.54, 1.807) is 0 Å². The van der Waals surface area contributed by atoms with Gasteiger partial charge in [-0.3, -0.25) is 4.74 Å². The van der Waals surface area contributed by atoms with Crippen LogP contribution in [0, 0.1) is 0 Å². The number of alkyl halides is 4. The van der Waals surface area contributed by atoms with Crippen molar-refractivity contribution in [1.82, 2.24) is 5.32 Å². The average Bonchev–Trinajstić information content (AvgIpc) is 2.01. The standard InChI is InChI=1S/C7H13ClF3NO/c1-2-6(8)5-12-3-4-13-7(9,10)11/h6,12H,2-5H2,1H3. The highest BCUT2D eigenvalue weighted by atomic mass is 35.5. The Balaban J connectivity index is 3.18. The van der Waals surface area contributed by atoms with Crippen molar-refractivity contribution in [2.45, 2.75) is 25.1 Å². The molecule has 0 aromatic rings. The summed E-state index contributed by atoms with van der Waals surface area (Å²) in [5.41, 5.74) is 0. The molecule has 2 nitrogen and oxygen atoms in total. The molecule has 1 atom stereocenters. The Labute approximate surface area is 80.4 Å². The van der Waals surface area contributed by atoms with E-state index in [2.05, 4.69) is 10.1 Å². The molecule has 80 valence electrons. The van der Waals surface area contributed by atoms with Gasteiger partial charge in [0.15, 0.2) is 0 Å². The van der Waals surface area contributed by atoms with Gasteiger partial charge in [-0.15, -0.1) is 24.8 Å². The smallest absolute Gasteiger partial charge is 0.313 e. The molecule has 6 heteroatoms. The van der Waals surface area contributed by atoms with E-state index in [-0.39, 0.29) is 18.5 Å². The van der Waals surface area contributed by atoms with Gasteiger partial charge in [0.2, 0.25) is 0 Å². The summed E-state index contributed by atoms with van der Waals surface area (Å²) in [6, 6.07) is 0. The summed E-state index contributed by atoms with van der Waals surface area (Å²) in [7, 11) is 0. The molecule has 0 saturated heterocycles. The molecule has 0 aliphatic rings. The molecule has 0 radical (unpaired) electrons. The summed E-state index contributed by atoms with van der Waals surface area (Å²) in [6.07, 6.45) is -3.75. The van der Waals surface area contributed by atoms with Crippen molar-refractivity contribution in [2.24, 2.45) is 0 Å². The number of rotatable bonds is 6. The molecule has 0 aromatic heterocycles. The van der Waals surface area contributed by atoms with E-state index >= 15 is 0 Å². The van der Waals surface area contributed by atoms with Gasteiger partial charge in [0, 0.05) is 18.5 Å². The molecule has 13 heavy (non-hydrogen) atoms. The van der Waals surface area contributed by atoms with E-state index in [1.807, 2.05) is 6.92 Å². The third-order valence-corrected chi connectivity index (χ3v) is 1.82. The van der Waals surface area contributed by atoms with Crippen LogP contribution in [0.4, 0.5) is 13.2 Å². The second-order valence-corrected chi connectivity index (χ2v) is 3.12. The van der Waals surface area contributed by atoms with Gasteiger partial charge >= 0.3 is 6.36 Å². The minimum Gasteiger partial charge on any atom is -0.313 e. The number of halogens is 4. The highest BCUT2D eigenvalue weighted by Crippen LogP contribution is 2.15. The molecular formula is C7H13ClF3NO. The molecule has 1 N–H and O–H groups in total. The van der Waals surface area contributed by atoms with E-state index in [1.165, 1.54) is 0 Å². The normalized spacial score (nSPS) is 14.5. The van der Waals surface area contributed by atoms with Crippen LogP contribution in [0.3, 0.4) is 0 Å². The Morgan fingerprint density at radius 2 is 2.08 bits per heavy atom. The Kier molecular flexibility index (Phi) is 6.45. The number of nitrogens with one attached hydrogen (secondary N) is 1. The summed E-state index contributed by atoms with van der Waals surface area (Å²) >= 11 is 5.71. The third kappa shape index (κ3) is 9.92. The third-order valence-electron chi connectivity index (χ3n) is 1.35. The first-order valence-corrected chi connectivity index (χ1v) is 4.45. The Morgan fingerprint density at radius 1 is 1.46 bits per heavy atom. The maximum atomic E-state index is 11.4. The van der Waals surface area contributed by atoms with Crippen LogP contribution in [0.15, 0.2) is 0 Å². The highest BCUT2D eigenvalue weighted by Gasteiger charge is 2.28. The lowest BCUT2D eigenvalue weighted by Crippen LogP contribution is -2.28. The summed E-state index contributed by atoms with van der Waals surface area (Å²) in [5.74, 6) is 0. The summed E-state index contributed by atoms with van der Waals surface area (Å²) in [6.45, 7) is 2.18. The lowest BCUT2D eigenvalue weighted by Gasteiger charge is -2.09. The molecule has 0 aliphatic carbocycles. The van der Waals surface area contributed by atoms with Crippen LogP contribution in [-0.2, 0) is 4.74 Å². The number of ether oxygens (including phenoxy) is 1. The zero-order valence-corrected chi connectivity index (χ0v) is 8.08. The van der Waals surface area contributed by atoms with Crippen molar-refractivity contribution in [3.8, 4) is 0 Å². The van der Waals surface area contributed by atoms with Crippen LogP contribution < -0.4 is 5.32 Å². The van der Waals surface area contributed by atoms with Crippen LogP contribution in [-0.4, -0.2) is 31.4 Å². The first-order chi connectivity index (χ1) is 5.95. The van der Waals surface area contributed by atoms with Crippen molar-refractivity contribution < 1.29 is 17.9 Å². The highest BCUT2D eigenvalue weighted by molar-refractivity contribution is 6.20. The van der Waals surface area contributed by atoms with Crippen molar-refractivity contribution in [2.75, 3.05) is 19.7 Å². The van der Waals surface area contributed by atoms with Gasteiger partial charge in [-0.2, -0.15) is 0 Å². The van der Waals surface area contributed by atoms with E-state index < -0.39 is 6.36 Å². The molecule has 0 aliphatic heterocycles. The molecule has 1 unspecified atom stereocenters. The van der Waals surface area contributed by atoms with Gasteiger partial charge in [0.05, 0.1) is 6.61 Å². The van der Waals surface area contributed by atoms with Gasteiger partial charge in [-0.05, 0) is 6.42 Å². The first-order valence-electron chi connectivity index (χ1n) is 4.01. The molecule has 0 fully saturated rings.